The number of fused-ring (bicyclic) bond motifs is 1. The molecule has 2 aromatic carbocycles. The zero-order chi connectivity index (χ0) is 26.7. The lowest BCUT2D eigenvalue weighted by Crippen LogP contribution is -2.39. The third-order valence-corrected chi connectivity index (χ3v) is 6.66. The fourth-order valence-corrected chi connectivity index (χ4v) is 5.13. The Balaban J connectivity index is 1.90. The molecule has 0 spiro atoms. The highest BCUT2D eigenvalue weighted by molar-refractivity contribution is 7.07. The van der Waals surface area contributed by atoms with Crippen molar-refractivity contribution in [3.8, 4) is 17.2 Å². The van der Waals surface area contributed by atoms with Crippen LogP contribution < -0.4 is 29.1 Å². The van der Waals surface area contributed by atoms with Crippen LogP contribution in [-0.4, -0.2) is 37.3 Å². The molecular weight excluding hydrogens is 496 g/mol. The van der Waals surface area contributed by atoms with E-state index < -0.39 is 18.0 Å². The van der Waals surface area contributed by atoms with Crippen molar-refractivity contribution in [3.63, 3.8) is 0 Å². The van der Waals surface area contributed by atoms with Gasteiger partial charge in [0.25, 0.3) is 5.56 Å². The van der Waals surface area contributed by atoms with E-state index in [1.165, 1.54) is 37.0 Å². The number of aromatic nitrogens is 1. The molecule has 1 atom stereocenters. The average molecular weight is 523 g/mol. The molecule has 9 nitrogen and oxygen atoms in total. The maximum atomic E-state index is 13.7. The minimum atomic E-state index is -0.827. The number of esters is 2. The highest BCUT2D eigenvalue weighted by Gasteiger charge is 2.33. The number of allylic oxidation sites excluding steroid dienone is 1. The maximum absolute atomic E-state index is 13.7. The van der Waals surface area contributed by atoms with E-state index in [4.69, 9.17) is 18.9 Å². The lowest BCUT2D eigenvalue weighted by atomic mass is 9.95. The molecule has 1 unspecified atom stereocenters. The third kappa shape index (κ3) is 5.19. The van der Waals surface area contributed by atoms with Crippen LogP contribution in [0.1, 0.15) is 37.9 Å². The first-order valence-corrected chi connectivity index (χ1v) is 12.3. The van der Waals surface area contributed by atoms with Gasteiger partial charge in [0.2, 0.25) is 0 Å². The number of hydrogen-bond acceptors (Lipinski definition) is 9. The van der Waals surface area contributed by atoms with Gasteiger partial charge < -0.3 is 18.9 Å². The first kappa shape index (κ1) is 25.9. The minimum absolute atomic E-state index is 0.224. The van der Waals surface area contributed by atoms with E-state index in [0.717, 1.165) is 11.3 Å². The van der Waals surface area contributed by atoms with Crippen molar-refractivity contribution in [2.24, 2.45) is 4.99 Å². The molecule has 1 aliphatic rings. The van der Waals surface area contributed by atoms with Gasteiger partial charge in [-0.1, -0.05) is 29.5 Å². The quantitative estimate of drug-likeness (QED) is 0.347. The smallest absolute Gasteiger partial charge is 0.338 e. The molecule has 4 rings (SSSR count). The number of benzene rings is 2. The molecular formula is C27H26N2O7S. The summed E-state index contributed by atoms with van der Waals surface area (Å²) >= 11 is 1.23. The second kappa shape index (κ2) is 10.8. The van der Waals surface area contributed by atoms with Crippen molar-refractivity contribution < 1.29 is 28.5 Å². The van der Waals surface area contributed by atoms with Crippen molar-refractivity contribution in [2.45, 2.75) is 26.8 Å². The van der Waals surface area contributed by atoms with Gasteiger partial charge in [0.15, 0.2) is 16.3 Å². The first-order valence-electron chi connectivity index (χ1n) is 11.5. The van der Waals surface area contributed by atoms with Crippen LogP contribution in [0.25, 0.3) is 6.08 Å². The van der Waals surface area contributed by atoms with E-state index in [-0.39, 0.29) is 22.6 Å². The Morgan fingerprint density at radius 3 is 2.46 bits per heavy atom. The Hall–Kier alpha value is -4.18. The largest absolute Gasteiger partial charge is 0.494 e. The van der Waals surface area contributed by atoms with Crippen molar-refractivity contribution in [1.82, 2.24) is 4.57 Å². The molecule has 1 aliphatic heterocycles. The topological polar surface area (TPSA) is 105 Å². The van der Waals surface area contributed by atoms with E-state index >= 15 is 0 Å². The van der Waals surface area contributed by atoms with E-state index in [9.17, 15) is 14.4 Å². The van der Waals surface area contributed by atoms with E-state index in [1.54, 1.807) is 31.2 Å². The second-order valence-corrected chi connectivity index (χ2v) is 9.09. The SMILES string of the molecule is CCOc1ccc(/C=c2\sc3n(c2=O)C(c2ccc(OC(C)=O)c(OC)c2)C(C(=O)OC)=C(C)N=3)cc1. The summed E-state index contributed by atoms with van der Waals surface area (Å²) in [6.07, 6.45) is 1.78. The minimum Gasteiger partial charge on any atom is -0.494 e. The maximum Gasteiger partial charge on any atom is 0.338 e. The summed E-state index contributed by atoms with van der Waals surface area (Å²) in [5, 5.41) is 0. The van der Waals surface area contributed by atoms with Crippen LogP contribution in [0.3, 0.4) is 0 Å². The van der Waals surface area contributed by atoms with Crippen LogP contribution in [0.5, 0.6) is 17.2 Å². The summed E-state index contributed by atoms with van der Waals surface area (Å²) in [6.45, 7) is 5.46. The number of nitrogens with zero attached hydrogens (tertiary/aromatic N) is 2. The van der Waals surface area contributed by atoms with Gasteiger partial charge in [-0.15, -0.1) is 0 Å². The number of rotatable bonds is 7. The second-order valence-electron chi connectivity index (χ2n) is 8.08. The molecule has 0 aliphatic carbocycles. The fraction of sp³-hybridized carbons (Fsp3) is 0.259. The first-order chi connectivity index (χ1) is 17.8. The standard InChI is InChI=1S/C27H26N2O7S/c1-6-35-19-10-7-17(8-11-19)13-22-25(31)29-24(23(26(32)34-5)15(2)28-27(29)37-22)18-9-12-20(36-16(3)30)21(14-18)33-4/h7-14,24H,6H2,1-5H3/b22-13-. The Morgan fingerprint density at radius 1 is 1.11 bits per heavy atom. The number of carbonyl (C=O) groups is 2. The third-order valence-electron chi connectivity index (χ3n) is 5.67. The normalized spacial score (nSPS) is 15.1. The van der Waals surface area contributed by atoms with Crippen molar-refractivity contribution in [3.05, 3.63) is 84.5 Å². The molecule has 0 radical (unpaired) electrons. The van der Waals surface area contributed by atoms with Crippen LogP contribution in [0.15, 0.2) is 63.5 Å². The summed E-state index contributed by atoms with van der Waals surface area (Å²) in [6, 6.07) is 11.5. The van der Waals surface area contributed by atoms with E-state index in [2.05, 4.69) is 4.99 Å². The molecule has 0 bridgehead atoms. The zero-order valence-electron chi connectivity index (χ0n) is 21.1. The van der Waals surface area contributed by atoms with Crippen molar-refractivity contribution in [1.29, 1.82) is 0 Å². The molecule has 0 saturated heterocycles. The number of thiazole rings is 1. The molecule has 192 valence electrons. The Bertz CT molecular complexity index is 1570. The van der Waals surface area contributed by atoms with Gasteiger partial charge in [0.05, 0.1) is 42.7 Å². The monoisotopic (exact) mass is 522 g/mol. The zero-order valence-corrected chi connectivity index (χ0v) is 21.9. The Kier molecular flexibility index (Phi) is 7.58. The molecule has 3 aromatic rings. The van der Waals surface area contributed by atoms with Crippen LogP contribution in [0, 0.1) is 0 Å². The Labute approximate surface area is 216 Å². The van der Waals surface area contributed by atoms with E-state index in [0.29, 0.717) is 27.2 Å². The number of ether oxygens (including phenoxy) is 4. The highest BCUT2D eigenvalue weighted by atomic mass is 32.1. The summed E-state index contributed by atoms with van der Waals surface area (Å²) in [7, 11) is 2.72. The molecule has 2 heterocycles. The average Bonchev–Trinajstić information content (AvgIpc) is 3.18. The number of hydrogen-bond donors (Lipinski definition) is 0. The van der Waals surface area contributed by atoms with Crippen molar-refractivity contribution in [2.75, 3.05) is 20.8 Å². The molecule has 0 fully saturated rings. The lowest BCUT2D eigenvalue weighted by Gasteiger charge is -2.25. The van der Waals surface area contributed by atoms with Crippen molar-refractivity contribution >= 4 is 29.4 Å². The number of methoxy groups -OCH3 is 2. The summed E-state index contributed by atoms with van der Waals surface area (Å²) in [4.78, 5) is 43.0. The lowest BCUT2D eigenvalue weighted by molar-refractivity contribution is -0.136. The highest BCUT2D eigenvalue weighted by Crippen LogP contribution is 2.36. The Morgan fingerprint density at radius 2 is 1.84 bits per heavy atom. The number of carbonyl (C=O) groups excluding carboxylic acids is 2. The van der Waals surface area contributed by atoms with Crippen LogP contribution in [-0.2, 0) is 14.3 Å². The van der Waals surface area contributed by atoms with Crippen LogP contribution >= 0.6 is 11.3 Å². The molecule has 37 heavy (non-hydrogen) atoms. The predicted molar refractivity (Wildman–Crippen MR) is 138 cm³/mol. The van der Waals surface area contributed by atoms with Crippen LogP contribution in [0.2, 0.25) is 0 Å². The van der Waals surface area contributed by atoms with Gasteiger partial charge >= 0.3 is 11.9 Å². The van der Waals surface area contributed by atoms with Gasteiger partial charge in [0.1, 0.15) is 5.75 Å². The van der Waals surface area contributed by atoms with E-state index in [1.807, 2.05) is 31.2 Å². The van der Waals surface area contributed by atoms with Gasteiger partial charge in [-0.25, -0.2) is 9.79 Å². The molecule has 0 amide bonds. The van der Waals surface area contributed by atoms with Gasteiger partial charge in [-0.05, 0) is 55.3 Å². The molecule has 10 heteroatoms. The summed E-state index contributed by atoms with van der Waals surface area (Å²) in [5.74, 6) is 0.144. The predicted octanol–water partition coefficient (Wildman–Crippen LogP) is 2.74. The fourth-order valence-electron chi connectivity index (χ4n) is 4.08. The van der Waals surface area contributed by atoms with Gasteiger partial charge in [-0.3, -0.25) is 14.2 Å². The van der Waals surface area contributed by atoms with Gasteiger partial charge in [-0.2, -0.15) is 0 Å². The van der Waals surface area contributed by atoms with Crippen LogP contribution in [0.4, 0.5) is 0 Å². The summed E-state index contributed by atoms with van der Waals surface area (Å²) < 4.78 is 23.1. The van der Waals surface area contributed by atoms with Gasteiger partial charge in [0, 0.05) is 6.92 Å². The summed E-state index contributed by atoms with van der Waals surface area (Å²) in [5.41, 5.74) is 1.75. The molecule has 1 aromatic heterocycles. The molecule has 0 N–H and O–H groups in total. The molecule has 0 saturated carbocycles.